The van der Waals surface area contributed by atoms with E-state index in [1.54, 1.807) is 19.3 Å². The molecule has 0 bridgehead atoms. The van der Waals surface area contributed by atoms with Gasteiger partial charge in [0.15, 0.2) is 0 Å². The van der Waals surface area contributed by atoms with E-state index in [-0.39, 0.29) is 0 Å². The topological polar surface area (TPSA) is 80.6 Å². The molecule has 1 atom stereocenters. The Bertz CT molecular complexity index is 845. The van der Waals surface area contributed by atoms with Crippen LogP contribution in [0.3, 0.4) is 0 Å². The first-order chi connectivity index (χ1) is 12.4. The summed E-state index contributed by atoms with van der Waals surface area (Å²) in [4.78, 5) is 15.1. The summed E-state index contributed by atoms with van der Waals surface area (Å²) < 4.78 is 2.07. The Balaban J connectivity index is 0.00000163. The summed E-state index contributed by atoms with van der Waals surface area (Å²) in [6.07, 6.45) is 5.74. The van der Waals surface area contributed by atoms with Crippen molar-refractivity contribution in [2.24, 2.45) is 17.8 Å². The summed E-state index contributed by atoms with van der Waals surface area (Å²) >= 11 is 0. The highest BCUT2D eigenvalue weighted by atomic mass is 16.4. The van der Waals surface area contributed by atoms with E-state index in [4.69, 9.17) is 10.8 Å². The molecule has 0 aliphatic rings. The molecule has 140 valence electrons. The van der Waals surface area contributed by atoms with Crippen molar-refractivity contribution in [2.75, 3.05) is 7.05 Å². The Labute approximate surface area is 155 Å². The molecule has 1 aromatic carbocycles. The fourth-order valence-corrected chi connectivity index (χ4v) is 2.82. The summed E-state index contributed by atoms with van der Waals surface area (Å²) in [6, 6.07) is 5.20. The number of benzene rings is 1. The summed E-state index contributed by atoms with van der Waals surface area (Å²) in [5, 5.41) is 10.1. The van der Waals surface area contributed by atoms with Gasteiger partial charge in [0.1, 0.15) is 6.04 Å². The molecule has 0 saturated carbocycles. The predicted octanol–water partition coefficient (Wildman–Crippen LogP) is 3.74. The Morgan fingerprint density at radius 2 is 2.08 bits per heavy atom. The second kappa shape index (κ2) is 9.73. The van der Waals surface area contributed by atoms with E-state index in [2.05, 4.69) is 22.2 Å². The van der Waals surface area contributed by atoms with Crippen LogP contribution in [-0.2, 0) is 18.3 Å². The molecular weight excluding hydrogens is 326 g/mol. The highest BCUT2D eigenvalue weighted by molar-refractivity contribution is 5.93. The van der Waals surface area contributed by atoms with Crippen molar-refractivity contribution in [2.45, 2.75) is 33.2 Å². The van der Waals surface area contributed by atoms with Gasteiger partial charge in [0.2, 0.25) is 0 Å². The van der Waals surface area contributed by atoms with Crippen molar-refractivity contribution in [3.63, 3.8) is 0 Å². The van der Waals surface area contributed by atoms with Crippen molar-refractivity contribution in [1.29, 1.82) is 0 Å². The predicted molar refractivity (Wildman–Crippen MR) is 111 cm³/mol. The first-order valence-corrected chi connectivity index (χ1v) is 8.72. The maximum Gasteiger partial charge on any atom is 0.320 e. The number of nitrogens with two attached hydrogens (primary N) is 1. The minimum atomic E-state index is -0.987. The largest absolute Gasteiger partial charge is 0.480 e. The molecule has 1 heterocycles. The Hall–Kier alpha value is -2.66. The zero-order valence-electron chi connectivity index (χ0n) is 16.3. The minimum absolute atomic E-state index is 0.310. The summed E-state index contributed by atoms with van der Waals surface area (Å²) in [5.74, 6) is -0.987. The number of aryl methyl sites for hydroxylation is 1. The third-order valence-electron chi connectivity index (χ3n) is 4.32. The number of fused-ring (bicyclic) bond motifs is 1. The molecule has 1 aromatic heterocycles. The number of carboxylic acid groups (broad SMARTS) is 1. The molecule has 3 N–H and O–H groups in total. The van der Waals surface area contributed by atoms with Gasteiger partial charge in [-0.2, -0.15) is 0 Å². The Morgan fingerprint density at radius 3 is 2.62 bits per heavy atom. The van der Waals surface area contributed by atoms with Gasteiger partial charge in [-0.25, -0.2) is 0 Å². The van der Waals surface area contributed by atoms with Crippen molar-refractivity contribution < 1.29 is 9.90 Å². The highest BCUT2D eigenvalue weighted by Gasteiger charge is 2.19. The molecule has 26 heavy (non-hydrogen) atoms. The van der Waals surface area contributed by atoms with Gasteiger partial charge in [-0.15, -0.1) is 0 Å². The van der Waals surface area contributed by atoms with Crippen LogP contribution < -0.4 is 5.73 Å². The lowest BCUT2D eigenvalue weighted by atomic mass is 10.00. The lowest BCUT2D eigenvalue weighted by Gasteiger charge is -2.07. The van der Waals surface area contributed by atoms with Gasteiger partial charge in [-0.05, 0) is 35.8 Å². The average molecular weight is 355 g/mol. The standard InChI is InChI=1S/C19H23N3O2.C2H6/c1-5-13(8-9-21-3)14-6-7-15-16(11-17(20)19(23)24)12(2)22(4)18(15)10-14;1-2/h5-10,17H,1,11,20H2,2-4H3,(H,23,24);1-2H3/b13-8+,21-9?;. The van der Waals surface area contributed by atoms with Crippen molar-refractivity contribution >= 4 is 28.7 Å². The number of nitrogens with zero attached hydrogens (tertiary/aromatic N) is 2. The molecule has 0 spiro atoms. The van der Waals surface area contributed by atoms with E-state index < -0.39 is 12.0 Å². The van der Waals surface area contributed by atoms with E-state index in [0.29, 0.717) is 6.42 Å². The van der Waals surface area contributed by atoms with Gasteiger partial charge < -0.3 is 15.4 Å². The maximum atomic E-state index is 11.1. The van der Waals surface area contributed by atoms with Gasteiger partial charge in [-0.1, -0.05) is 38.6 Å². The molecule has 0 radical (unpaired) electrons. The molecule has 0 aliphatic carbocycles. The number of hydrogen-bond donors (Lipinski definition) is 2. The van der Waals surface area contributed by atoms with Gasteiger partial charge in [0, 0.05) is 43.3 Å². The molecule has 5 nitrogen and oxygen atoms in total. The number of hydrogen-bond acceptors (Lipinski definition) is 3. The Kier molecular flexibility index (Phi) is 8.00. The third kappa shape index (κ3) is 4.49. The number of carboxylic acids is 1. The van der Waals surface area contributed by atoms with Crippen LogP contribution in [0.2, 0.25) is 0 Å². The molecule has 1 unspecified atom stereocenters. The average Bonchev–Trinajstić information content (AvgIpc) is 2.88. The Morgan fingerprint density at radius 1 is 1.42 bits per heavy atom. The summed E-state index contributed by atoms with van der Waals surface area (Å²) in [6.45, 7) is 9.84. The monoisotopic (exact) mass is 355 g/mol. The number of aliphatic carboxylic acids is 1. The minimum Gasteiger partial charge on any atom is -0.480 e. The van der Waals surface area contributed by atoms with Crippen molar-refractivity contribution in [3.05, 3.63) is 53.8 Å². The van der Waals surface area contributed by atoms with E-state index in [9.17, 15) is 4.79 Å². The fourth-order valence-electron chi connectivity index (χ4n) is 2.82. The van der Waals surface area contributed by atoms with Crippen LogP contribution in [0.1, 0.15) is 30.7 Å². The number of carbonyl (C=O) groups is 1. The second-order valence-corrected chi connectivity index (χ2v) is 5.74. The third-order valence-corrected chi connectivity index (χ3v) is 4.32. The molecular formula is C21H29N3O2. The van der Waals surface area contributed by atoms with Crippen LogP contribution in [0.5, 0.6) is 0 Å². The lowest BCUT2D eigenvalue weighted by Crippen LogP contribution is -2.32. The smallest absolute Gasteiger partial charge is 0.320 e. The van der Waals surface area contributed by atoms with Crippen molar-refractivity contribution in [1.82, 2.24) is 4.57 Å². The SMILES string of the molecule is C=C/C(=C\C=NC)c1ccc2c(CC(N)C(=O)O)c(C)n(C)c2c1.CC. The highest BCUT2D eigenvalue weighted by Crippen LogP contribution is 2.29. The van der Waals surface area contributed by atoms with Crippen LogP contribution in [0.4, 0.5) is 0 Å². The van der Waals surface area contributed by atoms with Crippen LogP contribution in [-0.4, -0.2) is 34.9 Å². The summed E-state index contributed by atoms with van der Waals surface area (Å²) in [5.41, 5.74) is 10.8. The number of allylic oxidation sites excluding steroid dienone is 3. The van der Waals surface area contributed by atoms with Crippen LogP contribution in [0.15, 0.2) is 41.9 Å². The molecule has 0 aliphatic heterocycles. The number of aromatic nitrogens is 1. The summed E-state index contributed by atoms with van der Waals surface area (Å²) in [7, 11) is 3.70. The van der Waals surface area contributed by atoms with Gasteiger partial charge in [-0.3, -0.25) is 9.79 Å². The van der Waals surface area contributed by atoms with E-state index in [1.165, 1.54) is 0 Å². The van der Waals surface area contributed by atoms with E-state index in [1.807, 2.05) is 46.0 Å². The van der Waals surface area contributed by atoms with E-state index >= 15 is 0 Å². The van der Waals surface area contributed by atoms with Gasteiger partial charge >= 0.3 is 5.97 Å². The molecule has 0 fully saturated rings. The molecule has 2 rings (SSSR count). The molecule has 5 heteroatoms. The fraction of sp³-hybridized carbons (Fsp3) is 0.333. The number of aliphatic imine (C=N–C) groups is 1. The lowest BCUT2D eigenvalue weighted by molar-refractivity contribution is -0.138. The quantitative estimate of drug-likeness (QED) is 0.612. The molecule has 0 amide bonds. The van der Waals surface area contributed by atoms with Gasteiger partial charge in [0.05, 0.1) is 0 Å². The molecule has 0 saturated heterocycles. The van der Waals surface area contributed by atoms with Gasteiger partial charge in [0.25, 0.3) is 0 Å². The second-order valence-electron chi connectivity index (χ2n) is 5.74. The normalized spacial score (nSPS) is 12.8. The molecule has 2 aromatic rings. The van der Waals surface area contributed by atoms with Crippen LogP contribution >= 0.6 is 0 Å². The number of rotatable bonds is 6. The zero-order chi connectivity index (χ0) is 19.9. The maximum absolute atomic E-state index is 11.1. The van der Waals surface area contributed by atoms with Crippen LogP contribution in [0.25, 0.3) is 16.5 Å². The van der Waals surface area contributed by atoms with Crippen LogP contribution in [0, 0.1) is 6.92 Å². The van der Waals surface area contributed by atoms with Crippen molar-refractivity contribution in [3.8, 4) is 0 Å². The zero-order valence-corrected chi connectivity index (χ0v) is 16.3. The first kappa shape index (κ1) is 21.4. The van der Waals surface area contributed by atoms with E-state index in [0.717, 1.165) is 33.3 Å². The first-order valence-electron chi connectivity index (χ1n) is 8.72.